The number of fused-ring (bicyclic) bond motifs is 1. The number of hydrogen-bond donors (Lipinski definition) is 2. The average Bonchev–Trinajstić information content (AvgIpc) is 3.61. The summed E-state index contributed by atoms with van der Waals surface area (Å²) in [4.78, 5) is 54.9. The maximum absolute atomic E-state index is 13.9. The van der Waals surface area contributed by atoms with Gasteiger partial charge in [-0.2, -0.15) is 0 Å². The van der Waals surface area contributed by atoms with Crippen LogP contribution in [0.3, 0.4) is 0 Å². The van der Waals surface area contributed by atoms with Gasteiger partial charge in [-0.05, 0) is 69.8 Å². The topological polar surface area (TPSA) is 131 Å². The second kappa shape index (κ2) is 12.1. The van der Waals surface area contributed by atoms with Gasteiger partial charge in [0.2, 0.25) is 11.8 Å². The molecule has 3 aliphatic rings. The number of amides is 3. The first kappa shape index (κ1) is 27.9. The molecular formula is C28H40N4O6. The zero-order valence-corrected chi connectivity index (χ0v) is 22.7. The van der Waals surface area contributed by atoms with Crippen LogP contribution in [0.2, 0.25) is 0 Å². The molecule has 0 aromatic carbocycles. The molecule has 208 valence electrons. The Morgan fingerprint density at radius 3 is 2.50 bits per heavy atom. The van der Waals surface area contributed by atoms with Crippen LogP contribution in [0.15, 0.2) is 22.7 Å². The number of esters is 1. The fourth-order valence-corrected chi connectivity index (χ4v) is 6.41. The standard InChI is InChI=1S/C28H40N4O6/c1-5-37-28(36)24-20-13-9-12-19(20)15-32(24)27(35)22(16(2)3)29-26(34)23(18-10-7-6-8-11-18)30-25(33)21-14-17(4)38-31-21/h14,18-20,22-24H,2,5-13,15H2,1,3-4H3,(H,29,34)(H,30,33)/t19-,20-,22-,23-,24-/m0/s1. The number of rotatable bonds is 9. The lowest BCUT2D eigenvalue weighted by Gasteiger charge is -2.33. The highest BCUT2D eigenvalue weighted by atomic mass is 16.5. The quantitative estimate of drug-likeness (QED) is 0.372. The minimum Gasteiger partial charge on any atom is -0.464 e. The van der Waals surface area contributed by atoms with E-state index in [0.717, 1.165) is 51.4 Å². The minimum absolute atomic E-state index is 0.0691. The molecule has 3 amide bonds. The van der Waals surface area contributed by atoms with Gasteiger partial charge >= 0.3 is 5.97 Å². The van der Waals surface area contributed by atoms with Gasteiger partial charge in [0.1, 0.15) is 23.9 Å². The molecule has 4 rings (SSSR count). The maximum atomic E-state index is 13.9. The van der Waals surface area contributed by atoms with E-state index in [4.69, 9.17) is 9.26 Å². The van der Waals surface area contributed by atoms with Gasteiger partial charge in [-0.1, -0.05) is 37.4 Å². The number of likely N-dealkylation sites (tertiary alicyclic amines) is 1. The van der Waals surface area contributed by atoms with Crippen molar-refractivity contribution in [3.8, 4) is 0 Å². The molecule has 2 N–H and O–H groups in total. The summed E-state index contributed by atoms with van der Waals surface area (Å²) in [5.41, 5.74) is 0.563. The van der Waals surface area contributed by atoms with E-state index in [1.807, 2.05) is 0 Å². The Labute approximate surface area is 223 Å². The smallest absolute Gasteiger partial charge is 0.329 e. The normalized spacial score (nSPS) is 24.8. The molecular weight excluding hydrogens is 488 g/mol. The zero-order valence-electron chi connectivity index (χ0n) is 22.7. The van der Waals surface area contributed by atoms with Crippen molar-refractivity contribution in [2.24, 2.45) is 17.8 Å². The van der Waals surface area contributed by atoms with Crippen molar-refractivity contribution in [3.05, 3.63) is 29.7 Å². The third-order valence-corrected chi connectivity index (χ3v) is 8.28. The summed E-state index contributed by atoms with van der Waals surface area (Å²) in [5, 5.41) is 9.49. The van der Waals surface area contributed by atoms with Crippen LogP contribution in [0.5, 0.6) is 0 Å². The number of nitrogens with zero attached hydrogens (tertiary/aromatic N) is 2. The van der Waals surface area contributed by atoms with Gasteiger partial charge in [-0.25, -0.2) is 4.79 Å². The molecule has 1 saturated heterocycles. The molecule has 3 fully saturated rings. The van der Waals surface area contributed by atoms with E-state index >= 15 is 0 Å². The number of hydrogen-bond acceptors (Lipinski definition) is 7. The Hall–Kier alpha value is -3.17. The molecule has 10 nitrogen and oxygen atoms in total. The summed E-state index contributed by atoms with van der Waals surface area (Å²) in [6.45, 7) is 9.80. The highest BCUT2D eigenvalue weighted by molar-refractivity contribution is 5.98. The van der Waals surface area contributed by atoms with Crippen molar-refractivity contribution < 1.29 is 28.4 Å². The molecule has 5 atom stereocenters. The molecule has 1 aromatic heterocycles. The number of aryl methyl sites for hydroxylation is 1. The second-order valence-electron chi connectivity index (χ2n) is 11.0. The molecule has 0 unspecified atom stereocenters. The highest BCUT2D eigenvalue weighted by Gasteiger charge is 2.51. The minimum atomic E-state index is -1.02. The number of carbonyl (C=O) groups excluding carboxylic acids is 4. The average molecular weight is 529 g/mol. The number of ether oxygens (including phenoxy) is 1. The van der Waals surface area contributed by atoms with Gasteiger partial charge in [0.05, 0.1) is 6.61 Å². The van der Waals surface area contributed by atoms with E-state index in [2.05, 4.69) is 22.4 Å². The SMILES string of the molecule is C=C(C)[C@H](NC(=O)[C@@H](NC(=O)c1cc(C)on1)C1CCCCC1)C(=O)N1C[C@@H]2CCC[C@@H]2[C@H]1C(=O)OCC. The van der Waals surface area contributed by atoms with Gasteiger partial charge in [0.15, 0.2) is 5.69 Å². The van der Waals surface area contributed by atoms with Crippen molar-refractivity contribution in [3.63, 3.8) is 0 Å². The van der Waals surface area contributed by atoms with Crippen LogP contribution in [0, 0.1) is 24.7 Å². The Balaban J connectivity index is 1.53. The fraction of sp³-hybridized carbons (Fsp3) is 0.679. The van der Waals surface area contributed by atoms with Crippen LogP contribution in [-0.2, 0) is 19.1 Å². The molecule has 10 heteroatoms. The lowest BCUT2D eigenvalue weighted by atomic mass is 9.83. The Kier molecular flexibility index (Phi) is 8.89. The van der Waals surface area contributed by atoms with E-state index in [1.54, 1.807) is 25.7 Å². The molecule has 1 aromatic rings. The van der Waals surface area contributed by atoms with E-state index in [-0.39, 0.29) is 36.0 Å². The van der Waals surface area contributed by atoms with Crippen molar-refractivity contribution >= 4 is 23.7 Å². The van der Waals surface area contributed by atoms with Crippen LogP contribution in [-0.4, -0.2) is 65.0 Å². The fourth-order valence-electron chi connectivity index (χ4n) is 6.41. The third kappa shape index (κ3) is 5.94. The lowest BCUT2D eigenvalue weighted by Crippen LogP contribution is -2.58. The predicted molar refractivity (Wildman–Crippen MR) is 139 cm³/mol. The maximum Gasteiger partial charge on any atom is 0.329 e. The summed E-state index contributed by atoms with van der Waals surface area (Å²) >= 11 is 0. The van der Waals surface area contributed by atoms with Gasteiger partial charge in [-0.3, -0.25) is 14.4 Å². The van der Waals surface area contributed by atoms with Crippen LogP contribution >= 0.6 is 0 Å². The third-order valence-electron chi connectivity index (χ3n) is 8.28. The van der Waals surface area contributed by atoms with Crippen molar-refractivity contribution in [1.29, 1.82) is 0 Å². The molecule has 2 aliphatic carbocycles. The van der Waals surface area contributed by atoms with E-state index in [1.165, 1.54) is 6.07 Å². The van der Waals surface area contributed by atoms with Crippen molar-refractivity contribution in [2.45, 2.75) is 90.3 Å². The molecule has 0 spiro atoms. The van der Waals surface area contributed by atoms with Gasteiger partial charge in [0.25, 0.3) is 5.91 Å². The monoisotopic (exact) mass is 528 g/mol. The molecule has 1 aliphatic heterocycles. The lowest BCUT2D eigenvalue weighted by molar-refractivity contribution is -0.155. The zero-order chi connectivity index (χ0) is 27.4. The summed E-state index contributed by atoms with van der Waals surface area (Å²) in [5.74, 6) is -0.959. The van der Waals surface area contributed by atoms with Gasteiger partial charge in [0, 0.05) is 12.6 Å². The Morgan fingerprint density at radius 1 is 1.13 bits per heavy atom. The van der Waals surface area contributed by atoms with Crippen LogP contribution < -0.4 is 10.6 Å². The van der Waals surface area contributed by atoms with E-state index < -0.39 is 35.9 Å². The van der Waals surface area contributed by atoms with Crippen molar-refractivity contribution in [2.75, 3.05) is 13.2 Å². The molecule has 2 saturated carbocycles. The molecule has 2 heterocycles. The van der Waals surface area contributed by atoms with E-state index in [0.29, 0.717) is 17.9 Å². The first-order chi connectivity index (χ1) is 18.2. The first-order valence-corrected chi connectivity index (χ1v) is 13.9. The van der Waals surface area contributed by atoms with Gasteiger partial charge in [-0.15, -0.1) is 0 Å². The largest absolute Gasteiger partial charge is 0.464 e. The summed E-state index contributed by atoms with van der Waals surface area (Å²) in [7, 11) is 0. The van der Waals surface area contributed by atoms with E-state index in [9.17, 15) is 19.2 Å². The van der Waals surface area contributed by atoms with Crippen LogP contribution in [0.1, 0.15) is 81.5 Å². The van der Waals surface area contributed by atoms with Crippen LogP contribution in [0.4, 0.5) is 0 Å². The highest BCUT2D eigenvalue weighted by Crippen LogP contribution is 2.43. The Bertz CT molecular complexity index is 1060. The van der Waals surface area contributed by atoms with Crippen LogP contribution in [0.25, 0.3) is 0 Å². The first-order valence-electron chi connectivity index (χ1n) is 13.9. The summed E-state index contributed by atoms with van der Waals surface area (Å²) < 4.78 is 10.4. The number of aromatic nitrogens is 1. The molecule has 38 heavy (non-hydrogen) atoms. The van der Waals surface area contributed by atoms with Gasteiger partial charge < -0.3 is 24.8 Å². The molecule has 0 bridgehead atoms. The summed E-state index contributed by atoms with van der Waals surface area (Å²) in [6, 6.07) is -0.993. The Morgan fingerprint density at radius 2 is 1.87 bits per heavy atom. The number of carbonyl (C=O) groups is 4. The number of nitrogens with one attached hydrogen (secondary N) is 2. The summed E-state index contributed by atoms with van der Waals surface area (Å²) in [6.07, 6.45) is 7.47. The molecule has 0 radical (unpaired) electrons. The second-order valence-corrected chi connectivity index (χ2v) is 11.0. The predicted octanol–water partition coefficient (Wildman–Crippen LogP) is 2.91. The van der Waals surface area contributed by atoms with Crippen molar-refractivity contribution in [1.82, 2.24) is 20.7 Å².